The summed E-state index contributed by atoms with van der Waals surface area (Å²) < 4.78 is 19.5. The van der Waals surface area contributed by atoms with Crippen LogP contribution in [-0.2, 0) is 0 Å². The molecule has 106 valence electrons. The SMILES string of the molecule is O=C(CSc1cccc(Br)c1)c1cc2cc(F)ccc2o1. The molecule has 0 aliphatic carbocycles. The van der Waals surface area contributed by atoms with Gasteiger partial charge < -0.3 is 4.42 Å². The van der Waals surface area contributed by atoms with Crippen molar-refractivity contribution < 1.29 is 13.6 Å². The average Bonchev–Trinajstić information content (AvgIpc) is 2.88. The van der Waals surface area contributed by atoms with Gasteiger partial charge in [0.15, 0.2) is 5.76 Å². The fourth-order valence-corrected chi connectivity index (χ4v) is 3.30. The Kier molecular flexibility index (Phi) is 4.12. The Morgan fingerprint density at radius 3 is 2.86 bits per heavy atom. The van der Waals surface area contributed by atoms with Crippen LogP contribution in [0.1, 0.15) is 10.6 Å². The van der Waals surface area contributed by atoms with Crippen molar-refractivity contribution >= 4 is 44.4 Å². The molecule has 0 aliphatic rings. The second kappa shape index (κ2) is 6.03. The Labute approximate surface area is 133 Å². The average molecular weight is 365 g/mol. The van der Waals surface area contributed by atoms with Crippen LogP contribution in [0.4, 0.5) is 4.39 Å². The summed E-state index contributed by atoms with van der Waals surface area (Å²) >= 11 is 4.83. The van der Waals surface area contributed by atoms with E-state index >= 15 is 0 Å². The van der Waals surface area contributed by atoms with Gasteiger partial charge in [-0.2, -0.15) is 0 Å². The zero-order chi connectivity index (χ0) is 14.8. The van der Waals surface area contributed by atoms with E-state index < -0.39 is 0 Å². The van der Waals surface area contributed by atoms with Crippen LogP contribution in [0.2, 0.25) is 0 Å². The molecule has 0 amide bonds. The van der Waals surface area contributed by atoms with Crippen LogP contribution in [0.15, 0.2) is 62.3 Å². The van der Waals surface area contributed by atoms with Gasteiger partial charge in [-0.15, -0.1) is 11.8 Å². The Bertz CT molecular complexity index is 813. The van der Waals surface area contributed by atoms with Gasteiger partial charge in [-0.25, -0.2) is 4.39 Å². The van der Waals surface area contributed by atoms with Gasteiger partial charge in [0.25, 0.3) is 0 Å². The Balaban J connectivity index is 1.74. The molecule has 0 aliphatic heterocycles. The monoisotopic (exact) mass is 364 g/mol. The second-order valence-corrected chi connectivity index (χ2v) is 6.43. The van der Waals surface area contributed by atoms with Crippen molar-refractivity contribution in [2.75, 3.05) is 5.75 Å². The summed E-state index contributed by atoms with van der Waals surface area (Å²) in [7, 11) is 0. The highest BCUT2D eigenvalue weighted by molar-refractivity contribution is 9.10. The number of halogens is 2. The third kappa shape index (κ3) is 3.36. The normalized spacial score (nSPS) is 11.0. The molecule has 3 rings (SSSR count). The highest BCUT2D eigenvalue weighted by Gasteiger charge is 2.13. The van der Waals surface area contributed by atoms with E-state index in [0.29, 0.717) is 11.0 Å². The lowest BCUT2D eigenvalue weighted by atomic mass is 10.2. The van der Waals surface area contributed by atoms with Crippen LogP contribution in [0, 0.1) is 5.82 Å². The number of carbonyl (C=O) groups excluding carboxylic acids is 1. The molecule has 21 heavy (non-hydrogen) atoms. The zero-order valence-electron chi connectivity index (χ0n) is 10.8. The summed E-state index contributed by atoms with van der Waals surface area (Å²) in [6.07, 6.45) is 0. The van der Waals surface area contributed by atoms with Gasteiger partial charge in [-0.3, -0.25) is 4.79 Å². The summed E-state index contributed by atoms with van der Waals surface area (Å²) in [6, 6.07) is 13.5. The molecule has 0 unspecified atom stereocenters. The molecular weight excluding hydrogens is 355 g/mol. The first kappa shape index (κ1) is 14.4. The molecule has 3 aromatic rings. The number of thioether (sulfide) groups is 1. The number of hydrogen-bond donors (Lipinski definition) is 0. The minimum atomic E-state index is -0.342. The second-order valence-electron chi connectivity index (χ2n) is 4.46. The number of carbonyl (C=O) groups is 1. The van der Waals surface area contributed by atoms with E-state index in [1.807, 2.05) is 24.3 Å². The molecule has 1 heterocycles. The van der Waals surface area contributed by atoms with Crippen molar-refractivity contribution in [2.45, 2.75) is 4.90 Å². The molecule has 0 bridgehead atoms. The van der Waals surface area contributed by atoms with Gasteiger partial charge in [0, 0.05) is 14.8 Å². The molecule has 0 saturated heterocycles. The molecule has 1 aromatic heterocycles. The van der Waals surface area contributed by atoms with Gasteiger partial charge >= 0.3 is 0 Å². The van der Waals surface area contributed by atoms with E-state index in [9.17, 15) is 9.18 Å². The van der Waals surface area contributed by atoms with Crippen LogP contribution >= 0.6 is 27.7 Å². The third-order valence-electron chi connectivity index (χ3n) is 2.92. The van der Waals surface area contributed by atoms with E-state index in [-0.39, 0.29) is 23.1 Å². The largest absolute Gasteiger partial charge is 0.453 e. The molecule has 0 N–H and O–H groups in total. The smallest absolute Gasteiger partial charge is 0.208 e. The highest BCUT2D eigenvalue weighted by Crippen LogP contribution is 2.25. The van der Waals surface area contributed by atoms with Gasteiger partial charge in [0.1, 0.15) is 11.4 Å². The lowest BCUT2D eigenvalue weighted by Gasteiger charge is -2.00. The van der Waals surface area contributed by atoms with Crippen molar-refractivity contribution in [3.63, 3.8) is 0 Å². The Hall–Kier alpha value is -1.59. The molecule has 0 radical (unpaired) electrons. The van der Waals surface area contributed by atoms with E-state index in [4.69, 9.17) is 4.42 Å². The maximum atomic E-state index is 13.1. The lowest BCUT2D eigenvalue weighted by molar-refractivity contribution is 0.0994. The van der Waals surface area contributed by atoms with Crippen molar-refractivity contribution in [1.82, 2.24) is 0 Å². The lowest BCUT2D eigenvalue weighted by Crippen LogP contribution is -2.00. The van der Waals surface area contributed by atoms with Crippen LogP contribution in [0.25, 0.3) is 11.0 Å². The molecular formula is C16H10BrFO2S. The van der Waals surface area contributed by atoms with Crippen LogP contribution < -0.4 is 0 Å². The minimum absolute atomic E-state index is 0.114. The number of furan rings is 1. The fourth-order valence-electron chi connectivity index (χ4n) is 1.93. The standard InChI is InChI=1S/C16H10BrFO2S/c17-11-2-1-3-13(8-11)21-9-14(19)16-7-10-6-12(18)4-5-15(10)20-16/h1-8H,9H2. The quantitative estimate of drug-likeness (QED) is 0.464. The van der Waals surface area contributed by atoms with Crippen LogP contribution in [0.3, 0.4) is 0 Å². The van der Waals surface area contributed by atoms with E-state index in [2.05, 4.69) is 15.9 Å². The molecule has 0 saturated carbocycles. The summed E-state index contributed by atoms with van der Waals surface area (Å²) in [5, 5.41) is 0.603. The molecule has 2 aromatic carbocycles. The van der Waals surface area contributed by atoms with Crippen molar-refractivity contribution in [3.8, 4) is 0 Å². The first-order chi connectivity index (χ1) is 10.1. The topological polar surface area (TPSA) is 30.2 Å². The molecule has 5 heteroatoms. The summed E-state index contributed by atoms with van der Waals surface area (Å²) in [5.41, 5.74) is 0.521. The maximum Gasteiger partial charge on any atom is 0.208 e. The predicted octanol–water partition coefficient (Wildman–Crippen LogP) is 5.31. The Morgan fingerprint density at radius 1 is 1.19 bits per heavy atom. The molecule has 2 nitrogen and oxygen atoms in total. The van der Waals surface area contributed by atoms with E-state index in [1.165, 1.54) is 30.0 Å². The minimum Gasteiger partial charge on any atom is -0.453 e. The van der Waals surface area contributed by atoms with Gasteiger partial charge in [0.2, 0.25) is 5.78 Å². The van der Waals surface area contributed by atoms with Crippen molar-refractivity contribution in [1.29, 1.82) is 0 Å². The number of Topliss-reactive ketones (excluding diaryl/α,β-unsaturated/α-hetero) is 1. The maximum absolute atomic E-state index is 13.1. The van der Waals surface area contributed by atoms with Crippen molar-refractivity contribution in [3.05, 3.63) is 64.6 Å². The molecule has 0 atom stereocenters. The number of fused-ring (bicyclic) bond motifs is 1. The number of ketones is 1. The number of hydrogen-bond acceptors (Lipinski definition) is 3. The predicted molar refractivity (Wildman–Crippen MR) is 85.4 cm³/mol. The number of rotatable bonds is 4. The molecule has 0 fully saturated rings. The summed E-state index contributed by atoms with van der Waals surface area (Å²) in [5.74, 6) is 0.0826. The van der Waals surface area contributed by atoms with Crippen LogP contribution in [-0.4, -0.2) is 11.5 Å². The summed E-state index contributed by atoms with van der Waals surface area (Å²) in [6.45, 7) is 0. The van der Waals surface area contributed by atoms with Gasteiger partial charge in [-0.1, -0.05) is 22.0 Å². The summed E-state index contributed by atoms with van der Waals surface area (Å²) in [4.78, 5) is 13.1. The highest BCUT2D eigenvalue weighted by atomic mass is 79.9. The number of benzene rings is 2. The third-order valence-corrected chi connectivity index (χ3v) is 4.41. The van der Waals surface area contributed by atoms with Gasteiger partial charge in [-0.05, 0) is 42.5 Å². The Morgan fingerprint density at radius 2 is 2.05 bits per heavy atom. The van der Waals surface area contributed by atoms with E-state index in [1.54, 1.807) is 6.07 Å². The fraction of sp³-hybridized carbons (Fsp3) is 0.0625. The van der Waals surface area contributed by atoms with Gasteiger partial charge in [0.05, 0.1) is 5.75 Å². The molecule has 0 spiro atoms. The first-order valence-electron chi connectivity index (χ1n) is 6.22. The first-order valence-corrected chi connectivity index (χ1v) is 8.00. The van der Waals surface area contributed by atoms with Crippen LogP contribution in [0.5, 0.6) is 0 Å². The van der Waals surface area contributed by atoms with E-state index in [0.717, 1.165) is 9.37 Å². The van der Waals surface area contributed by atoms with Crippen molar-refractivity contribution in [2.24, 2.45) is 0 Å². The zero-order valence-corrected chi connectivity index (χ0v) is 13.2.